The van der Waals surface area contributed by atoms with Crippen LogP contribution < -0.4 is 8.37 Å². The minimum Gasteiger partial charge on any atom is -0.744 e. The molecule has 0 spiro atoms. The minimum absolute atomic E-state index is 0.0146. The number of hydrogen-bond acceptors (Lipinski definition) is 9. The Balaban J connectivity index is 0.000000224. The largest absolute Gasteiger partial charge is 0.744 e. The van der Waals surface area contributed by atoms with Crippen LogP contribution in [0.2, 0.25) is 0 Å². The molecule has 0 fully saturated rings. The standard InChI is InChI=1S/C20H18O9S3.C18H15S/c1-14-3-8-17(9-4-14)31(24,25)28-16-7-12-19(20(13-16)30(21,22)23)29-32(26,27)18-10-5-15(2)6-11-18;1-4-10-16(11-5-1)19(17-12-6-2-7-13-17)18-14-8-3-9-15-18/h3-13H,1-2H3,(H,21,22,23);1-15H/q;+1/p-1. The van der Waals surface area contributed by atoms with Crippen LogP contribution in [0.1, 0.15) is 11.1 Å². The molecule has 0 atom stereocenters. The smallest absolute Gasteiger partial charge is 0.339 e. The lowest BCUT2D eigenvalue weighted by Crippen LogP contribution is -2.14. The molecule has 0 amide bonds. The van der Waals surface area contributed by atoms with Gasteiger partial charge in [0, 0.05) is 6.07 Å². The average Bonchev–Trinajstić information content (AvgIpc) is 3.10. The molecule has 13 heteroatoms. The second kappa shape index (κ2) is 16.0. The van der Waals surface area contributed by atoms with Gasteiger partial charge in [-0.2, -0.15) is 16.8 Å². The van der Waals surface area contributed by atoms with Crippen molar-refractivity contribution in [1.82, 2.24) is 0 Å². The summed E-state index contributed by atoms with van der Waals surface area (Å²) < 4.78 is 94.7. The highest BCUT2D eigenvalue weighted by molar-refractivity contribution is 7.97. The summed E-state index contributed by atoms with van der Waals surface area (Å²) in [7, 11) is -14.1. The lowest BCUT2D eigenvalue weighted by molar-refractivity contribution is 0.447. The Morgan fingerprint density at radius 2 is 0.843 bits per heavy atom. The van der Waals surface area contributed by atoms with Crippen molar-refractivity contribution >= 4 is 41.2 Å². The fourth-order valence-corrected chi connectivity index (χ4v) is 9.28. The Morgan fingerprint density at radius 1 is 0.471 bits per heavy atom. The first-order valence-corrected chi connectivity index (χ1v) is 20.7. The maximum absolute atomic E-state index is 12.5. The molecular formula is C38H32O9S4. The van der Waals surface area contributed by atoms with Gasteiger partial charge in [-0.05, 0) is 86.6 Å². The Bertz CT molecular complexity index is 2310. The predicted octanol–water partition coefficient (Wildman–Crippen LogP) is 7.52. The maximum atomic E-state index is 12.5. The van der Waals surface area contributed by atoms with Crippen LogP contribution in [0.25, 0.3) is 0 Å². The van der Waals surface area contributed by atoms with E-state index in [0.717, 1.165) is 23.3 Å². The number of rotatable bonds is 10. The zero-order valence-corrected chi connectivity index (χ0v) is 30.6. The first-order valence-electron chi connectivity index (χ1n) is 15.2. The van der Waals surface area contributed by atoms with Crippen LogP contribution in [0, 0.1) is 13.8 Å². The van der Waals surface area contributed by atoms with E-state index in [4.69, 9.17) is 8.37 Å². The van der Waals surface area contributed by atoms with Gasteiger partial charge in [0.15, 0.2) is 20.4 Å². The van der Waals surface area contributed by atoms with Crippen molar-refractivity contribution in [3.05, 3.63) is 169 Å². The highest BCUT2D eigenvalue weighted by Crippen LogP contribution is 2.33. The van der Waals surface area contributed by atoms with Crippen LogP contribution in [0.5, 0.6) is 11.5 Å². The molecule has 9 nitrogen and oxygen atoms in total. The molecule has 51 heavy (non-hydrogen) atoms. The third kappa shape index (κ3) is 9.87. The molecule has 0 heterocycles. The van der Waals surface area contributed by atoms with E-state index in [0.29, 0.717) is 6.07 Å². The quantitative estimate of drug-likeness (QED) is 0.0787. The molecule has 6 aromatic carbocycles. The van der Waals surface area contributed by atoms with Crippen molar-refractivity contribution < 1.29 is 38.2 Å². The van der Waals surface area contributed by atoms with E-state index in [-0.39, 0.29) is 20.7 Å². The molecule has 0 aliphatic heterocycles. The van der Waals surface area contributed by atoms with Crippen molar-refractivity contribution in [1.29, 1.82) is 0 Å². The fraction of sp³-hybridized carbons (Fsp3) is 0.0526. The topological polar surface area (TPSA) is 144 Å². The van der Waals surface area contributed by atoms with Crippen LogP contribution in [0.15, 0.2) is 187 Å². The summed E-state index contributed by atoms with van der Waals surface area (Å²) in [4.78, 5) is 2.53. The Morgan fingerprint density at radius 3 is 1.22 bits per heavy atom. The zero-order chi connectivity index (χ0) is 36.6. The van der Waals surface area contributed by atoms with E-state index in [2.05, 4.69) is 91.0 Å². The van der Waals surface area contributed by atoms with Gasteiger partial charge in [-0.25, -0.2) is 8.42 Å². The molecule has 0 radical (unpaired) electrons. The lowest BCUT2D eigenvalue weighted by Gasteiger charge is -2.15. The molecule has 0 unspecified atom stereocenters. The van der Waals surface area contributed by atoms with Crippen LogP contribution >= 0.6 is 0 Å². The van der Waals surface area contributed by atoms with Crippen LogP contribution in [0.4, 0.5) is 0 Å². The molecule has 6 rings (SSSR count). The number of aryl methyl sites for hydroxylation is 2. The first kappa shape index (κ1) is 37.3. The third-order valence-corrected chi connectivity index (χ3v) is 12.7. The van der Waals surface area contributed by atoms with Gasteiger partial charge in [-0.3, -0.25) is 0 Å². The van der Waals surface area contributed by atoms with Gasteiger partial charge in [0.1, 0.15) is 30.6 Å². The Hall–Kier alpha value is -4.92. The van der Waals surface area contributed by atoms with E-state index in [9.17, 15) is 29.8 Å². The Kier molecular flexibility index (Phi) is 11.7. The van der Waals surface area contributed by atoms with Gasteiger partial charge in [0.25, 0.3) is 0 Å². The highest BCUT2D eigenvalue weighted by Gasteiger charge is 2.28. The molecule has 262 valence electrons. The van der Waals surface area contributed by atoms with Crippen molar-refractivity contribution in [2.45, 2.75) is 43.2 Å². The second-order valence-electron chi connectivity index (χ2n) is 11.0. The second-order valence-corrected chi connectivity index (χ2v) is 17.5. The molecule has 0 saturated heterocycles. The molecule has 0 aliphatic rings. The summed E-state index contributed by atoms with van der Waals surface area (Å²) in [5.74, 6) is -1.30. The molecule has 0 bridgehead atoms. The van der Waals surface area contributed by atoms with Crippen LogP contribution in [-0.4, -0.2) is 29.8 Å². The van der Waals surface area contributed by atoms with E-state index in [1.165, 1.54) is 63.2 Å². The summed E-state index contributed by atoms with van der Waals surface area (Å²) in [5, 5.41) is 0. The molecule has 0 N–H and O–H groups in total. The molecule has 0 saturated carbocycles. The summed E-state index contributed by atoms with van der Waals surface area (Å²) in [5.41, 5.74) is 1.59. The van der Waals surface area contributed by atoms with Gasteiger partial charge < -0.3 is 12.9 Å². The number of benzene rings is 6. The predicted molar refractivity (Wildman–Crippen MR) is 194 cm³/mol. The molecule has 6 aromatic rings. The monoisotopic (exact) mass is 760 g/mol. The summed E-state index contributed by atoms with van der Waals surface area (Å²) in [6.45, 7) is 3.49. The normalized spacial score (nSPS) is 11.7. The van der Waals surface area contributed by atoms with E-state index >= 15 is 0 Å². The first-order chi connectivity index (χ1) is 24.2. The van der Waals surface area contributed by atoms with Gasteiger partial charge in [-0.1, -0.05) is 90.0 Å². The van der Waals surface area contributed by atoms with Crippen molar-refractivity contribution in [3.8, 4) is 11.5 Å². The van der Waals surface area contributed by atoms with Gasteiger partial charge in [0.05, 0.1) is 10.9 Å². The van der Waals surface area contributed by atoms with Crippen molar-refractivity contribution in [2.75, 3.05) is 0 Å². The van der Waals surface area contributed by atoms with E-state index in [1.54, 1.807) is 13.8 Å². The minimum atomic E-state index is -5.26. The molecule has 0 aliphatic carbocycles. The van der Waals surface area contributed by atoms with Gasteiger partial charge in [-0.15, -0.1) is 0 Å². The summed E-state index contributed by atoms with van der Waals surface area (Å²) >= 11 is 0. The maximum Gasteiger partial charge on any atom is 0.339 e. The fourth-order valence-electron chi connectivity index (χ4n) is 4.63. The number of hydrogen-bond donors (Lipinski definition) is 0. The highest BCUT2D eigenvalue weighted by atomic mass is 32.2. The van der Waals surface area contributed by atoms with Crippen molar-refractivity contribution in [2.24, 2.45) is 0 Å². The summed E-state index contributed by atoms with van der Waals surface area (Å²) in [6.07, 6.45) is 0. The Labute approximate surface area is 301 Å². The lowest BCUT2D eigenvalue weighted by atomic mass is 10.2. The average molecular weight is 761 g/mol. The molecule has 0 aromatic heterocycles. The SMILES string of the molecule is Cc1ccc(S(=O)(=O)Oc2ccc(OS(=O)(=O)c3ccc(C)cc3)c(S(=O)(=O)[O-])c2)cc1.c1ccc([S+](c2ccccc2)c2ccccc2)cc1. The van der Waals surface area contributed by atoms with E-state index < -0.39 is 46.7 Å². The summed E-state index contributed by atoms with van der Waals surface area (Å²) in [6, 6.07) is 45.7. The van der Waals surface area contributed by atoms with Crippen molar-refractivity contribution in [3.63, 3.8) is 0 Å². The third-order valence-electron chi connectivity index (χ3n) is 7.15. The van der Waals surface area contributed by atoms with Gasteiger partial charge >= 0.3 is 20.2 Å². The van der Waals surface area contributed by atoms with Gasteiger partial charge in [0.2, 0.25) is 0 Å². The zero-order valence-electron chi connectivity index (χ0n) is 27.3. The van der Waals surface area contributed by atoms with Crippen LogP contribution in [0.3, 0.4) is 0 Å². The van der Waals surface area contributed by atoms with Crippen LogP contribution in [-0.2, 0) is 41.2 Å². The van der Waals surface area contributed by atoms with E-state index in [1.807, 2.05) is 0 Å². The molecular weight excluding hydrogens is 729 g/mol.